The molecule has 0 spiro atoms. The van der Waals surface area contributed by atoms with Crippen molar-refractivity contribution in [1.29, 1.82) is 0 Å². The maximum absolute atomic E-state index is 13.2. The van der Waals surface area contributed by atoms with Gasteiger partial charge in [-0.3, -0.25) is 4.79 Å². The second-order valence-corrected chi connectivity index (χ2v) is 9.87. The van der Waals surface area contributed by atoms with E-state index in [0.29, 0.717) is 33.7 Å². The molecular weight excluding hydrogens is 430 g/mol. The monoisotopic (exact) mass is 453 g/mol. The number of nitrogens with zero attached hydrogens (tertiary/aromatic N) is 4. The number of carbonyl (C=O) groups is 1. The van der Waals surface area contributed by atoms with Crippen LogP contribution in [0.2, 0.25) is 0 Å². The van der Waals surface area contributed by atoms with E-state index in [1.165, 1.54) is 26.2 Å². The van der Waals surface area contributed by atoms with Gasteiger partial charge in [0.1, 0.15) is 5.69 Å². The Bertz CT molecular complexity index is 1370. The van der Waals surface area contributed by atoms with E-state index in [2.05, 4.69) is 15.4 Å². The number of benzene rings is 1. The summed E-state index contributed by atoms with van der Waals surface area (Å²) in [7, 11) is -0.617. The Morgan fingerprint density at radius 3 is 2.47 bits per heavy atom. The molecule has 9 nitrogen and oxygen atoms in total. The Hall–Kier alpha value is -3.50. The molecule has 0 aliphatic heterocycles. The zero-order valence-electron chi connectivity index (χ0n) is 18.1. The zero-order valence-corrected chi connectivity index (χ0v) is 18.9. The molecule has 0 saturated heterocycles. The minimum Gasteiger partial charge on any atom is -0.463 e. The highest BCUT2D eigenvalue weighted by Gasteiger charge is 2.20. The summed E-state index contributed by atoms with van der Waals surface area (Å²) in [5.74, 6) is 0.174. The molecule has 0 saturated carbocycles. The Morgan fingerprint density at radius 2 is 1.88 bits per heavy atom. The molecule has 4 aromatic rings. The van der Waals surface area contributed by atoms with Crippen LogP contribution in [-0.4, -0.2) is 47.5 Å². The number of carbonyl (C=O) groups excluding carboxylic acids is 1. The quantitative estimate of drug-likeness (QED) is 0.476. The lowest BCUT2D eigenvalue weighted by Crippen LogP contribution is -2.22. The van der Waals surface area contributed by atoms with E-state index in [1.807, 2.05) is 13.8 Å². The molecule has 0 fully saturated rings. The van der Waals surface area contributed by atoms with Crippen LogP contribution in [0.5, 0.6) is 0 Å². The van der Waals surface area contributed by atoms with Crippen LogP contribution in [-0.2, 0) is 10.0 Å². The standard InChI is InChI=1S/C22H23N5O4S/c1-14(2)27-21-18(13-23-27)17(12-19(25-21)20-6-5-11-31-20)22(28)24-15-7-9-16(10-8-15)32(29,30)26(3)4/h5-14H,1-4H3,(H,24,28). The van der Waals surface area contributed by atoms with Gasteiger partial charge in [-0.25, -0.2) is 22.4 Å². The third kappa shape index (κ3) is 3.90. The Kier molecular flexibility index (Phi) is 5.57. The fourth-order valence-electron chi connectivity index (χ4n) is 3.25. The first kappa shape index (κ1) is 21.7. The van der Waals surface area contributed by atoms with Crippen LogP contribution in [0.3, 0.4) is 0 Å². The van der Waals surface area contributed by atoms with E-state index >= 15 is 0 Å². The summed E-state index contributed by atoms with van der Waals surface area (Å²) in [6.45, 7) is 3.97. The Labute approximate surface area is 185 Å². The molecule has 1 aromatic carbocycles. The number of anilines is 1. The Morgan fingerprint density at radius 1 is 1.16 bits per heavy atom. The smallest absolute Gasteiger partial charge is 0.256 e. The molecule has 0 unspecified atom stereocenters. The third-order valence-electron chi connectivity index (χ3n) is 4.96. The molecule has 3 aromatic heterocycles. The average molecular weight is 454 g/mol. The second kappa shape index (κ2) is 8.21. The van der Waals surface area contributed by atoms with Crippen molar-refractivity contribution in [3.63, 3.8) is 0 Å². The summed E-state index contributed by atoms with van der Waals surface area (Å²) >= 11 is 0. The highest BCUT2D eigenvalue weighted by molar-refractivity contribution is 7.89. The first-order valence-electron chi connectivity index (χ1n) is 9.94. The number of sulfonamides is 1. The molecule has 10 heteroatoms. The van der Waals surface area contributed by atoms with Gasteiger partial charge in [0.25, 0.3) is 5.91 Å². The molecule has 4 rings (SSSR count). The van der Waals surface area contributed by atoms with Gasteiger partial charge in [0, 0.05) is 25.8 Å². The molecule has 0 bridgehead atoms. The molecule has 0 radical (unpaired) electrons. The van der Waals surface area contributed by atoms with Crippen molar-refractivity contribution in [2.75, 3.05) is 19.4 Å². The summed E-state index contributed by atoms with van der Waals surface area (Å²) in [4.78, 5) is 18.0. The lowest BCUT2D eigenvalue weighted by Gasteiger charge is -2.12. The average Bonchev–Trinajstić information content (AvgIpc) is 3.43. The van der Waals surface area contributed by atoms with Crippen LogP contribution in [0.25, 0.3) is 22.5 Å². The SMILES string of the molecule is CC(C)n1ncc2c(C(=O)Nc3ccc(S(=O)(=O)N(C)C)cc3)cc(-c3ccco3)nc21. The van der Waals surface area contributed by atoms with E-state index < -0.39 is 10.0 Å². The van der Waals surface area contributed by atoms with Crippen molar-refractivity contribution < 1.29 is 17.6 Å². The number of amides is 1. The first-order chi connectivity index (χ1) is 15.2. The van der Waals surface area contributed by atoms with Crippen molar-refractivity contribution >= 4 is 32.7 Å². The number of aromatic nitrogens is 3. The van der Waals surface area contributed by atoms with E-state index in [0.717, 1.165) is 4.31 Å². The van der Waals surface area contributed by atoms with Crippen molar-refractivity contribution in [3.8, 4) is 11.5 Å². The molecule has 0 aliphatic carbocycles. The van der Waals surface area contributed by atoms with Crippen molar-refractivity contribution in [3.05, 3.63) is 60.5 Å². The number of fused-ring (bicyclic) bond motifs is 1. The fraction of sp³-hybridized carbons (Fsp3) is 0.227. The zero-order chi connectivity index (χ0) is 23.0. The predicted octanol–water partition coefficient (Wildman–Crippen LogP) is 3.77. The maximum atomic E-state index is 13.2. The molecule has 0 atom stereocenters. The van der Waals surface area contributed by atoms with Gasteiger partial charge in [-0.15, -0.1) is 0 Å². The van der Waals surface area contributed by atoms with Crippen molar-refractivity contribution in [2.45, 2.75) is 24.8 Å². The fourth-order valence-corrected chi connectivity index (χ4v) is 4.16. The molecule has 1 N–H and O–H groups in total. The van der Waals surface area contributed by atoms with Gasteiger partial charge < -0.3 is 9.73 Å². The molecule has 166 valence electrons. The largest absolute Gasteiger partial charge is 0.463 e. The van der Waals surface area contributed by atoms with E-state index in [4.69, 9.17) is 4.42 Å². The topological polar surface area (TPSA) is 110 Å². The molecule has 1 amide bonds. The van der Waals surface area contributed by atoms with E-state index in [-0.39, 0.29) is 16.8 Å². The van der Waals surface area contributed by atoms with E-state index in [9.17, 15) is 13.2 Å². The number of furan rings is 1. The van der Waals surface area contributed by atoms with Gasteiger partial charge in [-0.1, -0.05) is 0 Å². The first-order valence-corrected chi connectivity index (χ1v) is 11.4. The van der Waals surface area contributed by atoms with E-state index in [1.54, 1.807) is 47.5 Å². The molecular formula is C22H23N5O4S. The van der Waals surface area contributed by atoms with Crippen LogP contribution in [0.1, 0.15) is 30.2 Å². The predicted molar refractivity (Wildman–Crippen MR) is 121 cm³/mol. The van der Waals surface area contributed by atoms with Crippen LogP contribution in [0.4, 0.5) is 5.69 Å². The van der Waals surface area contributed by atoms with Crippen LogP contribution >= 0.6 is 0 Å². The number of rotatable bonds is 6. The summed E-state index contributed by atoms with van der Waals surface area (Å²) in [5.41, 5.74) is 1.95. The van der Waals surface area contributed by atoms with Gasteiger partial charge in [0.2, 0.25) is 10.0 Å². The van der Waals surface area contributed by atoms with Gasteiger partial charge >= 0.3 is 0 Å². The van der Waals surface area contributed by atoms with Crippen LogP contribution < -0.4 is 5.32 Å². The van der Waals surface area contributed by atoms with Gasteiger partial charge in [0.15, 0.2) is 11.4 Å². The Balaban J connectivity index is 1.72. The summed E-state index contributed by atoms with van der Waals surface area (Å²) in [5, 5.41) is 7.83. The summed E-state index contributed by atoms with van der Waals surface area (Å²) in [6, 6.07) is 11.3. The minimum atomic E-state index is -3.55. The van der Waals surface area contributed by atoms with Gasteiger partial charge in [-0.2, -0.15) is 5.10 Å². The molecule has 3 heterocycles. The summed E-state index contributed by atoms with van der Waals surface area (Å²) in [6.07, 6.45) is 3.17. The van der Waals surface area contributed by atoms with Gasteiger partial charge in [-0.05, 0) is 56.3 Å². The van der Waals surface area contributed by atoms with Crippen LogP contribution in [0.15, 0.2) is 64.2 Å². The second-order valence-electron chi connectivity index (χ2n) is 7.72. The number of pyridine rings is 1. The third-order valence-corrected chi connectivity index (χ3v) is 6.79. The van der Waals surface area contributed by atoms with Gasteiger partial charge in [0.05, 0.1) is 28.3 Å². The number of nitrogens with one attached hydrogen (secondary N) is 1. The van der Waals surface area contributed by atoms with Crippen LogP contribution in [0, 0.1) is 0 Å². The lowest BCUT2D eigenvalue weighted by molar-refractivity contribution is 0.102. The maximum Gasteiger partial charge on any atom is 0.256 e. The number of hydrogen-bond donors (Lipinski definition) is 1. The lowest BCUT2D eigenvalue weighted by atomic mass is 10.1. The normalized spacial score (nSPS) is 12.1. The van der Waals surface area contributed by atoms with Crippen molar-refractivity contribution in [2.24, 2.45) is 0 Å². The minimum absolute atomic E-state index is 0.0500. The number of hydrogen-bond acceptors (Lipinski definition) is 6. The molecule has 0 aliphatic rings. The summed E-state index contributed by atoms with van der Waals surface area (Å²) < 4.78 is 32.9. The van der Waals surface area contributed by atoms with Crippen molar-refractivity contribution in [1.82, 2.24) is 19.1 Å². The highest BCUT2D eigenvalue weighted by atomic mass is 32.2. The molecule has 32 heavy (non-hydrogen) atoms. The highest BCUT2D eigenvalue weighted by Crippen LogP contribution is 2.27.